The van der Waals surface area contributed by atoms with Crippen molar-refractivity contribution >= 4 is 21.4 Å². The predicted octanol–water partition coefficient (Wildman–Crippen LogP) is 1.35. The number of pyridine rings is 1. The van der Waals surface area contributed by atoms with Crippen LogP contribution in [0.25, 0.3) is 0 Å². The first-order chi connectivity index (χ1) is 7.02. The van der Waals surface area contributed by atoms with Gasteiger partial charge in [0.1, 0.15) is 11.8 Å². The molecule has 1 atom stereocenters. The number of hydrogen-bond donors (Lipinski definition) is 0. The van der Waals surface area contributed by atoms with Crippen molar-refractivity contribution in [2.75, 3.05) is 5.88 Å². The molecule has 0 aliphatic heterocycles. The van der Waals surface area contributed by atoms with Gasteiger partial charge in [-0.1, -0.05) is 0 Å². The van der Waals surface area contributed by atoms with E-state index >= 15 is 0 Å². The Morgan fingerprint density at radius 3 is 2.87 bits per heavy atom. The van der Waals surface area contributed by atoms with Crippen molar-refractivity contribution in [1.29, 1.82) is 5.26 Å². The molecule has 0 aliphatic carbocycles. The number of halogens is 1. The topological polar surface area (TPSA) is 70.8 Å². The second kappa shape index (κ2) is 4.60. The average molecular weight is 245 g/mol. The number of nitriles is 1. The van der Waals surface area contributed by atoms with Gasteiger partial charge >= 0.3 is 0 Å². The number of nitrogens with zero attached hydrogens (tertiary/aromatic N) is 2. The maximum absolute atomic E-state index is 11.8. The van der Waals surface area contributed by atoms with Crippen LogP contribution in [0, 0.1) is 11.3 Å². The molecular weight excluding hydrogens is 236 g/mol. The van der Waals surface area contributed by atoms with E-state index in [-0.39, 0.29) is 16.5 Å². The average Bonchev–Trinajstić information content (AvgIpc) is 2.27. The number of hydrogen-bond acceptors (Lipinski definition) is 4. The van der Waals surface area contributed by atoms with E-state index in [2.05, 4.69) is 4.98 Å². The lowest BCUT2D eigenvalue weighted by atomic mass is 10.4. The monoisotopic (exact) mass is 244 g/mol. The van der Waals surface area contributed by atoms with Crippen LogP contribution in [-0.2, 0) is 9.84 Å². The van der Waals surface area contributed by atoms with Gasteiger partial charge in [0.15, 0.2) is 9.84 Å². The molecule has 0 aromatic carbocycles. The molecule has 4 nitrogen and oxygen atoms in total. The molecule has 0 radical (unpaired) electrons. The van der Waals surface area contributed by atoms with Crippen molar-refractivity contribution in [3.8, 4) is 6.07 Å². The highest BCUT2D eigenvalue weighted by molar-refractivity contribution is 7.92. The molecule has 1 aromatic rings. The first kappa shape index (κ1) is 12.0. The van der Waals surface area contributed by atoms with Gasteiger partial charge in [0.05, 0.1) is 10.1 Å². The van der Waals surface area contributed by atoms with Crippen molar-refractivity contribution in [1.82, 2.24) is 4.98 Å². The fourth-order valence-electron chi connectivity index (χ4n) is 0.965. The minimum absolute atomic E-state index is 0.0204. The normalized spacial score (nSPS) is 13.1. The SMILES string of the molecule is CC(CCl)S(=O)(=O)c1ccnc(C#N)c1. The third-order valence-corrected chi connectivity index (χ3v) is 4.70. The summed E-state index contributed by atoms with van der Waals surface area (Å²) in [7, 11) is -3.44. The van der Waals surface area contributed by atoms with Gasteiger partial charge < -0.3 is 0 Å². The van der Waals surface area contributed by atoms with Crippen LogP contribution >= 0.6 is 11.6 Å². The second-order valence-corrected chi connectivity index (χ2v) is 5.67. The zero-order chi connectivity index (χ0) is 11.5. The summed E-state index contributed by atoms with van der Waals surface area (Å²) in [5, 5.41) is 7.92. The van der Waals surface area contributed by atoms with Crippen LogP contribution in [0.1, 0.15) is 12.6 Å². The summed E-state index contributed by atoms with van der Waals surface area (Å²) in [6, 6.07) is 4.40. The Labute approximate surface area is 93.4 Å². The van der Waals surface area contributed by atoms with Crippen molar-refractivity contribution in [3.05, 3.63) is 24.0 Å². The summed E-state index contributed by atoms with van der Waals surface area (Å²) in [4.78, 5) is 3.78. The summed E-state index contributed by atoms with van der Waals surface area (Å²) in [5.41, 5.74) is 0.0813. The van der Waals surface area contributed by atoms with Crippen molar-refractivity contribution in [2.45, 2.75) is 17.1 Å². The van der Waals surface area contributed by atoms with Crippen LogP contribution in [-0.4, -0.2) is 24.5 Å². The van der Waals surface area contributed by atoms with E-state index in [0.717, 1.165) is 0 Å². The lowest BCUT2D eigenvalue weighted by Gasteiger charge is -2.09. The first-order valence-corrected chi connectivity index (χ1v) is 6.26. The number of alkyl halides is 1. The van der Waals surface area contributed by atoms with Gasteiger partial charge in [-0.3, -0.25) is 0 Å². The van der Waals surface area contributed by atoms with E-state index in [0.29, 0.717) is 0 Å². The van der Waals surface area contributed by atoms with Gasteiger partial charge in [0.2, 0.25) is 0 Å². The highest BCUT2D eigenvalue weighted by atomic mass is 35.5. The highest BCUT2D eigenvalue weighted by Gasteiger charge is 2.22. The minimum Gasteiger partial charge on any atom is -0.245 e. The highest BCUT2D eigenvalue weighted by Crippen LogP contribution is 2.16. The lowest BCUT2D eigenvalue weighted by molar-refractivity contribution is 0.587. The Bertz CT molecular complexity index is 493. The molecule has 1 heterocycles. The molecular formula is C9H9ClN2O2S. The smallest absolute Gasteiger partial charge is 0.182 e. The van der Waals surface area contributed by atoms with Gasteiger partial charge in [0, 0.05) is 12.1 Å². The van der Waals surface area contributed by atoms with Gasteiger partial charge in [-0.05, 0) is 19.1 Å². The number of rotatable bonds is 3. The van der Waals surface area contributed by atoms with E-state index < -0.39 is 15.1 Å². The van der Waals surface area contributed by atoms with E-state index in [1.54, 1.807) is 6.07 Å². The van der Waals surface area contributed by atoms with Crippen molar-refractivity contribution in [2.24, 2.45) is 0 Å². The molecule has 0 fully saturated rings. The third kappa shape index (κ3) is 2.46. The fraction of sp³-hybridized carbons (Fsp3) is 0.333. The number of aromatic nitrogens is 1. The predicted molar refractivity (Wildman–Crippen MR) is 56.3 cm³/mol. The van der Waals surface area contributed by atoms with Gasteiger partial charge in [-0.25, -0.2) is 13.4 Å². The minimum atomic E-state index is -3.44. The Kier molecular flexibility index (Phi) is 3.66. The Morgan fingerprint density at radius 1 is 1.67 bits per heavy atom. The molecule has 15 heavy (non-hydrogen) atoms. The van der Waals surface area contributed by atoms with E-state index in [4.69, 9.17) is 16.9 Å². The van der Waals surface area contributed by atoms with Crippen LogP contribution < -0.4 is 0 Å². The van der Waals surface area contributed by atoms with Gasteiger partial charge in [-0.15, -0.1) is 11.6 Å². The van der Waals surface area contributed by atoms with Crippen LogP contribution in [0.2, 0.25) is 0 Å². The number of sulfone groups is 1. The van der Waals surface area contributed by atoms with Crippen LogP contribution in [0.15, 0.2) is 23.2 Å². The van der Waals surface area contributed by atoms with E-state index in [9.17, 15) is 8.42 Å². The third-order valence-electron chi connectivity index (χ3n) is 1.92. The lowest BCUT2D eigenvalue weighted by Crippen LogP contribution is -2.19. The molecule has 0 amide bonds. The molecule has 80 valence electrons. The first-order valence-electron chi connectivity index (χ1n) is 4.18. The van der Waals surface area contributed by atoms with Crippen LogP contribution in [0.4, 0.5) is 0 Å². The molecule has 0 saturated carbocycles. The van der Waals surface area contributed by atoms with E-state index in [1.165, 1.54) is 25.3 Å². The quantitative estimate of drug-likeness (QED) is 0.753. The summed E-state index contributed by atoms with van der Waals surface area (Å²) in [6.07, 6.45) is 1.30. The standard InChI is InChI=1S/C9H9ClN2O2S/c1-7(5-10)15(13,14)9-2-3-12-8(4-9)6-11/h2-4,7H,5H2,1H3. The van der Waals surface area contributed by atoms with Gasteiger partial charge in [0.25, 0.3) is 0 Å². The molecule has 0 N–H and O–H groups in total. The molecule has 1 rings (SSSR count). The molecule has 0 bridgehead atoms. The molecule has 0 saturated heterocycles. The Balaban J connectivity index is 3.23. The van der Waals surface area contributed by atoms with Crippen molar-refractivity contribution < 1.29 is 8.42 Å². The largest absolute Gasteiger partial charge is 0.245 e. The Hall–Kier alpha value is -1.12. The maximum atomic E-state index is 11.8. The zero-order valence-corrected chi connectivity index (χ0v) is 9.59. The summed E-state index contributed by atoms with van der Waals surface area (Å²) in [6.45, 7) is 1.52. The molecule has 1 aromatic heterocycles. The molecule has 1 unspecified atom stereocenters. The molecule has 0 spiro atoms. The maximum Gasteiger partial charge on any atom is 0.182 e. The van der Waals surface area contributed by atoms with Gasteiger partial charge in [-0.2, -0.15) is 5.26 Å². The molecule has 0 aliphatic rings. The summed E-state index contributed by atoms with van der Waals surface area (Å²) in [5.74, 6) is 0.0204. The van der Waals surface area contributed by atoms with E-state index in [1.807, 2.05) is 0 Å². The van der Waals surface area contributed by atoms with Crippen molar-refractivity contribution in [3.63, 3.8) is 0 Å². The summed E-state index contributed by atoms with van der Waals surface area (Å²) < 4.78 is 23.6. The Morgan fingerprint density at radius 2 is 2.33 bits per heavy atom. The van der Waals surface area contributed by atoms with Crippen LogP contribution in [0.5, 0.6) is 0 Å². The zero-order valence-electron chi connectivity index (χ0n) is 8.01. The molecule has 6 heteroatoms. The fourth-order valence-corrected chi connectivity index (χ4v) is 2.62. The summed E-state index contributed by atoms with van der Waals surface area (Å²) >= 11 is 5.50. The second-order valence-electron chi connectivity index (χ2n) is 3.00. The van der Waals surface area contributed by atoms with Crippen LogP contribution in [0.3, 0.4) is 0 Å².